The molecule has 2 aliphatic rings. The summed E-state index contributed by atoms with van der Waals surface area (Å²) < 4.78 is 5.64. The van der Waals surface area contributed by atoms with Gasteiger partial charge >= 0.3 is 0 Å². The van der Waals surface area contributed by atoms with E-state index >= 15 is 0 Å². The molecule has 2 aromatic rings. The number of nitrogens with zero attached hydrogens (tertiary/aromatic N) is 3. The van der Waals surface area contributed by atoms with Gasteiger partial charge in [-0.15, -0.1) is 0 Å². The number of nitrogens with one attached hydrogen (secondary N) is 2. The van der Waals surface area contributed by atoms with Crippen molar-refractivity contribution >= 4 is 11.9 Å². The van der Waals surface area contributed by atoms with Crippen molar-refractivity contribution in [1.82, 2.24) is 20.4 Å². The first kappa shape index (κ1) is 23.1. The molecule has 0 spiro atoms. The molecule has 1 atom stereocenters. The minimum atomic E-state index is 0.0910. The Morgan fingerprint density at radius 3 is 2.52 bits per heavy atom. The van der Waals surface area contributed by atoms with Gasteiger partial charge in [-0.1, -0.05) is 42.5 Å². The maximum atomic E-state index is 12.8. The van der Waals surface area contributed by atoms with Gasteiger partial charge in [-0.2, -0.15) is 0 Å². The van der Waals surface area contributed by atoms with Crippen LogP contribution < -0.4 is 15.4 Å². The molecule has 2 aliphatic heterocycles. The number of carbonyl (C=O) groups excluding carboxylic acids is 1. The van der Waals surface area contributed by atoms with Crippen LogP contribution >= 0.6 is 0 Å². The summed E-state index contributed by atoms with van der Waals surface area (Å²) in [5.74, 6) is 1.63. The summed E-state index contributed by atoms with van der Waals surface area (Å²) in [5.41, 5.74) is 3.76. The zero-order valence-electron chi connectivity index (χ0n) is 19.7. The lowest BCUT2D eigenvalue weighted by molar-refractivity contribution is -0.130. The van der Waals surface area contributed by atoms with E-state index in [0.29, 0.717) is 19.0 Å². The van der Waals surface area contributed by atoms with E-state index in [1.165, 1.54) is 29.5 Å². The highest BCUT2D eigenvalue weighted by molar-refractivity contribution is 5.86. The summed E-state index contributed by atoms with van der Waals surface area (Å²) in [5, 5.41) is 6.66. The molecule has 0 aliphatic carbocycles. The number of para-hydroxylation sites is 1. The van der Waals surface area contributed by atoms with Gasteiger partial charge in [-0.3, -0.25) is 14.7 Å². The highest BCUT2D eigenvalue weighted by atomic mass is 16.5. The third-order valence-electron chi connectivity index (χ3n) is 6.66. The van der Waals surface area contributed by atoms with Crippen LogP contribution in [0.1, 0.15) is 35.6 Å². The van der Waals surface area contributed by atoms with E-state index < -0.39 is 0 Å². The fraction of sp³-hybridized carbons (Fsp3) is 0.462. The number of hydrogen-bond donors (Lipinski definition) is 2. The standard InChI is InChI=1S/C26H35N5O2/c1-27-26(29-18-25(32)31-16-13-20-9-3-4-10-21(20)19-31)28-17-23(30-14-7-8-15-30)22-11-5-6-12-24(22)33-2/h3-6,9-12,23H,7-8,13-19H2,1-2H3,(H2,27,28,29). The van der Waals surface area contributed by atoms with Crippen molar-refractivity contribution in [3.05, 3.63) is 65.2 Å². The van der Waals surface area contributed by atoms with Crippen molar-refractivity contribution < 1.29 is 9.53 Å². The van der Waals surface area contributed by atoms with Gasteiger partial charge in [0.05, 0.1) is 19.7 Å². The first-order chi connectivity index (χ1) is 16.2. The molecule has 2 N–H and O–H groups in total. The Morgan fingerprint density at radius 1 is 1.03 bits per heavy atom. The highest BCUT2D eigenvalue weighted by Gasteiger charge is 2.26. The molecule has 4 rings (SSSR count). The lowest BCUT2D eigenvalue weighted by Gasteiger charge is -2.30. The number of guanidine groups is 1. The Hall–Kier alpha value is -3.06. The topological polar surface area (TPSA) is 69.2 Å². The van der Waals surface area contributed by atoms with Gasteiger partial charge in [0.2, 0.25) is 5.91 Å². The van der Waals surface area contributed by atoms with Crippen LogP contribution in [0.4, 0.5) is 0 Å². The summed E-state index contributed by atoms with van der Waals surface area (Å²) in [6, 6.07) is 16.8. The molecule has 2 heterocycles. The van der Waals surface area contributed by atoms with E-state index in [0.717, 1.165) is 31.8 Å². The zero-order valence-corrected chi connectivity index (χ0v) is 19.7. The Bertz CT molecular complexity index is 971. The van der Waals surface area contributed by atoms with E-state index in [1.54, 1.807) is 14.2 Å². The average molecular weight is 450 g/mol. The Balaban J connectivity index is 1.34. The van der Waals surface area contributed by atoms with Gasteiger partial charge < -0.3 is 20.3 Å². The number of carbonyl (C=O) groups is 1. The minimum Gasteiger partial charge on any atom is -0.496 e. The predicted octanol–water partition coefficient (Wildman–Crippen LogP) is 2.58. The van der Waals surface area contributed by atoms with Crippen molar-refractivity contribution in [3.8, 4) is 5.75 Å². The Labute approximate surface area is 196 Å². The molecule has 0 radical (unpaired) electrons. The lowest BCUT2D eigenvalue weighted by Crippen LogP contribution is -2.47. The van der Waals surface area contributed by atoms with E-state index in [9.17, 15) is 4.79 Å². The second-order valence-electron chi connectivity index (χ2n) is 8.64. The van der Waals surface area contributed by atoms with Gasteiger partial charge in [0.25, 0.3) is 0 Å². The number of likely N-dealkylation sites (tertiary alicyclic amines) is 1. The summed E-state index contributed by atoms with van der Waals surface area (Å²) in [6.45, 7) is 4.49. The van der Waals surface area contributed by atoms with Gasteiger partial charge in [0, 0.05) is 32.2 Å². The van der Waals surface area contributed by atoms with E-state index in [1.807, 2.05) is 23.1 Å². The lowest BCUT2D eigenvalue weighted by atomic mass is 10.00. The van der Waals surface area contributed by atoms with Gasteiger partial charge in [0.1, 0.15) is 5.75 Å². The molecule has 1 amide bonds. The number of ether oxygens (including phenoxy) is 1. The fourth-order valence-electron chi connectivity index (χ4n) is 4.82. The minimum absolute atomic E-state index is 0.0910. The molecule has 0 aromatic heterocycles. The molecule has 1 saturated heterocycles. The molecule has 7 nitrogen and oxygen atoms in total. The summed E-state index contributed by atoms with van der Waals surface area (Å²) in [4.78, 5) is 21.6. The van der Waals surface area contributed by atoms with Crippen LogP contribution in [0.5, 0.6) is 5.75 Å². The smallest absolute Gasteiger partial charge is 0.242 e. The number of methoxy groups -OCH3 is 1. The second kappa shape index (κ2) is 11.2. The van der Waals surface area contributed by atoms with Crippen molar-refractivity contribution in [3.63, 3.8) is 0 Å². The molecule has 176 valence electrons. The number of rotatable bonds is 7. The number of amides is 1. The quantitative estimate of drug-likeness (QED) is 0.502. The maximum absolute atomic E-state index is 12.8. The largest absolute Gasteiger partial charge is 0.496 e. The van der Waals surface area contributed by atoms with Crippen LogP contribution in [0.15, 0.2) is 53.5 Å². The molecule has 33 heavy (non-hydrogen) atoms. The molecule has 7 heteroatoms. The molecule has 0 saturated carbocycles. The summed E-state index contributed by atoms with van der Waals surface area (Å²) in [7, 11) is 3.46. The molecule has 1 fully saturated rings. The SMILES string of the molecule is CN=C(NCC(=O)N1CCc2ccccc2C1)NCC(c1ccccc1OC)N1CCCC1. The predicted molar refractivity (Wildman–Crippen MR) is 131 cm³/mol. The van der Waals surface area contributed by atoms with E-state index in [2.05, 4.69) is 50.9 Å². The first-order valence-electron chi connectivity index (χ1n) is 11.9. The molecule has 2 aromatic carbocycles. The van der Waals surface area contributed by atoms with Crippen LogP contribution in [0.3, 0.4) is 0 Å². The number of aliphatic imine (C=N–C) groups is 1. The summed E-state index contributed by atoms with van der Waals surface area (Å²) >= 11 is 0. The third-order valence-corrected chi connectivity index (χ3v) is 6.66. The van der Waals surface area contributed by atoms with E-state index in [4.69, 9.17) is 4.74 Å². The van der Waals surface area contributed by atoms with Crippen LogP contribution in [-0.2, 0) is 17.8 Å². The van der Waals surface area contributed by atoms with Crippen molar-refractivity contribution in [1.29, 1.82) is 0 Å². The van der Waals surface area contributed by atoms with Crippen LogP contribution in [0.25, 0.3) is 0 Å². The molecule has 0 bridgehead atoms. The maximum Gasteiger partial charge on any atom is 0.242 e. The van der Waals surface area contributed by atoms with E-state index in [-0.39, 0.29) is 18.5 Å². The van der Waals surface area contributed by atoms with Crippen LogP contribution in [0.2, 0.25) is 0 Å². The molecular weight excluding hydrogens is 414 g/mol. The number of hydrogen-bond acceptors (Lipinski definition) is 4. The van der Waals surface area contributed by atoms with Gasteiger partial charge in [-0.05, 0) is 49.5 Å². The van der Waals surface area contributed by atoms with Gasteiger partial charge in [0.15, 0.2) is 5.96 Å². The van der Waals surface area contributed by atoms with Crippen molar-refractivity contribution in [2.24, 2.45) is 4.99 Å². The normalized spacial score (nSPS) is 17.4. The van der Waals surface area contributed by atoms with Crippen LogP contribution in [-0.4, -0.2) is 68.5 Å². The monoisotopic (exact) mass is 449 g/mol. The average Bonchev–Trinajstić information content (AvgIpc) is 3.40. The van der Waals surface area contributed by atoms with Crippen molar-refractivity contribution in [2.75, 3.05) is 46.9 Å². The highest BCUT2D eigenvalue weighted by Crippen LogP contribution is 2.31. The Morgan fingerprint density at radius 2 is 1.76 bits per heavy atom. The summed E-state index contributed by atoms with van der Waals surface area (Å²) in [6.07, 6.45) is 3.34. The van der Waals surface area contributed by atoms with Gasteiger partial charge in [-0.25, -0.2) is 0 Å². The van der Waals surface area contributed by atoms with Crippen LogP contribution in [0, 0.1) is 0 Å². The number of benzene rings is 2. The zero-order chi connectivity index (χ0) is 23.0. The number of fused-ring (bicyclic) bond motifs is 1. The Kier molecular flexibility index (Phi) is 7.83. The third kappa shape index (κ3) is 5.66. The first-order valence-corrected chi connectivity index (χ1v) is 11.9. The van der Waals surface area contributed by atoms with Crippen molar-refractivity contribution in [2.45, 2.75) is 31.8 Å². The fourth-order valence-corrected chi connectivity index (χ4v) is 4.82. The second-order valence-corrected chi connectivity index (χ2v) is 8.64. The molecule has 1 unspecified atom stereocenters. The molecular formula is C26H35N5O2.